The first-order valence-electron chi connectivity index (χ1n) is 30.6. The van der Waals surface area contributed by atoms with E-state index >= 15 is 0 Å². The molecule has 450 valence electrons. The molecule has 4 aromatic carbocycles. The van der Waals surface area contributed by atoms with Gasteiger partial charge in [0, 0.05) is 24.7 Å². The molecule has 4 N–H and O–H groups in total. The van der Waals surface area contributed by atoms with E-state index in [0.717, 1.165) is 86.5 Å². The first kappa shape index (κ1) is 64.2. The van der Waals surface area contributed by atoms with Gasteiger partial charge in [-0.25, -0.2) is 0 Å². The molecule has 14 nitrogen and oxygen atoms in total. The highest BCUT2D eigenvalue weighted by Gasteiger charge is 2.48. The van der Waals surface area contributed by atoms with Crippen molar-refractivity contribution >= 4 is 47.9 Å². The summed E-state index contributed by atoms with van der Waals surface area (Å²) < 4.78 is 13.3. The van der Waals surface area contributed by atoms with Crippen molar-refractivity contribution in [2.45, 2.75) is 208 Å². The molecule has 0 saturated carbocycles. The fraction of sp³-hybridized carbons (Fsp3) is 0.559. The lowest BCUT2D eigenvalue weighted by atomic mass is 9.85. The summed E-state index contributed by atoms with van der Waals surface area (Å²) in [4.78, 5) is 88.2. The number of fused-ring (bicyclic) bond motifs is 2. The summed E-state index contributed by atoms with van der Waals surface area (Å²) in [5.41, 5.74) is 5.71. The Kier molecular flexibility index (Phi) is 22.0. The van der Waals surface area contributed by atoms with E-state index in [1.165, 1.54) is 11.1 Å². The first-order chi connectivity index (χ1) is 39.1. The number of halogens is 1. The number of likely N-dealkylation sites (tertiary alicyclic amines) is 2. The molecule has 2 fully saturated rings. The van der Waals surface area contributed by atoms with Crippen LogP contribution in [-0.4, -0.2) is 94.7 Å². The van der Waals surface area contributed by atoms with Gasteiger partial charge in [-0.1, -0.05) is 142 Å². The van der Waals surface area contributed by atoms with Crippen LogP contribution in [-0.2, 0) is 54.5 Å². The van der Waals surface area contributed by atoms with Crippen LogP contribution >= 0.6 is 12.4 Å². The van der Waals surface area contributed by atoms with Crippen molar-refractivity contribution < 1.29 is 38.2 Å². The summed E-state index contributed by atoms with van der Waals surface area (Å²) >= 11 is 0. The maximum atomic E-state index is 14.7. The minimum Gasteiger partial charge on any atom is -0.488 e. The Labute approximate surface area is 500 Å². The zero-order chi connectivity index (χ0) is 58.9. The molecule has 0 radical (unpaired) electrons. The van der Waals surface area contributed by atoms with Crippen LogP contribution in [0.4, 0.5) is 0 Å². The Bertz CT molecular complexity index is 2710. The van der Waals surface area contributed by atoms with Crippen LogP contribution in [0.5, 0.6) is 11.5 Å². The average molecular weight is 1160 g/mol. The molecule has 0 aromatic heterocycles. The van der Waals surface area contributed by atoms with Gasteiger partial charge in [0.15, 0.2) is 0 Å². The van der Waals surface area contributed by atoms with Gasteiger partial charge in [0.1, 0.15) is 47.9 Å². The molecule has 6 amide bonds. The monoisotopic (exact) mass is 1160 g/mol. The van der Waals surface area contributed by atoms with Gasteiger partial charge in [0.05, 0.1) is 25.2 Å². The van der Waals surface area contributed by atoms with Gasteiger partial charge in [-0.05, 0) is 146 Å². The van der Waals surface area contributed by atoms with Gasteiger partial charge in [-0.15, -0.1) is 12.4 Å². The average Bonchev–Trinajstić information content (AvgIpc) is 4.14. The van der Waals surface area contributed by atoms with Gasteiger partial charge in [-0.3, -0.25) is 28.8 Å². The number of aryl methyl sites for hydroxylation is 4. The molecule has 4 aromatic rings. The van der Waals surface area contributed by atoms with Gasteiger partial charge in [0.2, 0.25) is 35.4 Å². The van der Waals surface area contributed by atoms with Crippen molar-refractivity contribution in [3.63, 3.8) is 0 Å². The zero-order valence-corrected chi connectivity index (χ0v) is 51.7. The molecular weight excluding hydrogens is 1060 g/mol. The quantitative estimate of drug-likeness (QED) is 0.0596. The maximum absolute atomic E-state index is 14.7. The summed E-state index contributed by atoms with van der Waals surface area (Å²) in [6.45, 7) is 19.7. The number of unbranched alkanes of at least 4 members (excludes halogenated alkanes) is 1. The van der Waals surface area contributed by atoms with Crippen molar-refractivity contribution in [1.82, 2.24) is 31.1 Å². The van der Waals surface area contributed by atoms with E-state index < -0.39 is 47.2 Å². The van der Waals surface area contributed by atoms with Gasteiger partial charge < -0.3 is 40.5 Å². The van der Waals surface area contributed by atoms with Crippen molar-refractivity contribution in [3.8, 4) is 11.5 Å². The van der Waals surface area contributed by atoms with E-state index in [2.05, 4.69) is 69.8 Å². The summed E-state index contributed by atoms with van der Waals surface area (Å²) in [5.74, 6) is -0.539. The largest absolute Gasteiger partial charge is 0.488 e. The second kappa shape index (κ2) is 28.4. The summed E-state index contributed by atoms with van der Waals surface area (Å²) in [5, 5.41) is 12.8. The molecule has 4 aliphatic rings. The maximum Gasteiger partial charge on any atom is 0.246 e. The number of nitrogens with one attached hydrogen (secondary N) is 4. The van der Waals surface area contributed by atoms with E-state index in [0.29, 0.717) is 37.2 Å². The third-order valence-electron chi connectivity index (χ3n) is 17.6. The number of hydrogen-bond acceptors (Lipinski definition) is 8. The fourth-order valence-electron chi connectivity index (χ4n) is 12.3. The van der Waals surface area contributed by atoms with Crippen LogP contribution < -0.4 is 30.7 Å². The molecule has 2 heterocycles. The highest BCUT2D eigenvalue weighted by Crippen LogP contribution is 2.35. The molecule has 0 unspecified atom stereocenters. The Hall–Kier alpha value is -6.41. The van der Waals surface area contributed by atoms with Crippen molar-refractivity contribution in [1.29, 1.82) is 0 Å². The minimum absolute atomic E-state index is 0. The van der Waals surface area contributed by atoms with Crippen LogP contribution in [0.3, 0.4) is 0 Å². The molecule has 15 heteroatoms. The highest BCUT2D eigenvalue weighted by atomic mass is 35.5. The number of carbonyl (C=O) groups excluding carboxylic acids is 6. The molecule has 0 spiro atoms. The zero-order valence-electron chi connectivity index (χ0n) is 50.9. The van der Waals surface area contributed by atoms with Crippen molar-refractivity contribution in [2.75, 3.05) is 13.1 Å². The summed E-state index contributed by atoms with van der Waals surface area (Å²) in [6, 6.07) is 29.1. The first-order valence-corrected chi connectivity index (χ1v) is 30.6. The Morgan fingerprint density at radius 2 is 0.940 bits per heavy atom. The number of amides is 6. The predicted molar refractivity (Wildman–Crippen MR) is 328 cm³/mol. The Balaban J connectivity index is 0.00000990. The summed E-state index contributed by atoms with van der Waals surface area (Å²) in [7, 11) is 0. The molecule has 0 bridgehead atoms. The van der Waals surface area contributed by atoms with E-state index in [1.807, 2.05) is 118 Å². The smallest absolute Gasteiger partial charge is 0.246 e. The van der Waals surface area contributed by atoms with Crippen LogP contribution in [0.25, 0.3) is 0 Å². The topological polar surface area (TPSA) is 175 Å². The Morgan fingerprint density at radius 1 is 0.554 bits per heavy atom. The van der Waals surface area contributed by atoms with Crippen LogP contribution in [0.2, 0.25) is 0 Å². The molecule has 2 aliphatic carbocycles. The van der Waals surface area contributed by atoms with E-state index in [-0.39, 0.29) is 84.9 Å². The van der Waals surface area contributed by atoms with Gasteiger partial charge in [0.25, 0.3) is 0 Å². The molecule has 2 aliphatic heterocycles. The molecule has 8 rings (SSSR count). The van der Waals surface area contributed by atoms with E-state index in [9.17, 15) is 28.8 Å². The van der Waals surface area contributed by atoms with E-state index in [4.69, 9.17) is 9.47 Å². The van der Waals surface area contributed by atoms with E-state index in [1.54, 1.807) is 9.80 Å². The lowest BCUT2D eigenvalue weighted by Gasteiger charge is -2.36. The number of hydrogen-bond donors (Lipinski definition) is 4. The van der Waals surface area contributed by atoms with Gasteiger partial charge >= 0.3 is 0 Å². The lowest BCUT2D eigenvalue weighted by Crippen LogP contribution is -2.58. The standard InChI is InChI=1S/C68H92N6O8.ClH/c1-11-43(3)61(75)71-59(67(5,6)7)65(79)73-41-51(39-57(73)63(77)69-55-35-21-29-47-27-15-17-33-53(47)55)81-49-31-19-25-45(37-49)23-13-14-24-46-26-20-32-50(38-46)82-52-40-58(64(78)70-56-36-22-30-48-28-16-18-34-54(48)56)74(42-52)66(80)60(68(8,9)10)72-62(76)44(4)12-2;/h15-20,25-28,31-34,37-38,43-44,51-52,55-60H,11-14,21-24,29-30,35-36,39-42H2,1-10H3,(H,69,77)(H,70,78)(H,71,75)(H,72,76);1H/t43-,44-,51+,52+,55-,56-,57+,58+,59-,60-;/m1./s1. The number of rotatable bonds is 21. The lowest BCUT2D eigenvalue weighted by molar-refractivity contribution is -0.144. The Morgan fingerprint density at radius 3 is 1.31 bits per heavy atom. The predicted octanol–water partition coefficient (Wildman–Crippen LogP) is 10.9. The molecule has 2 saturated heterocycles. The van der Waals surface area contributed by atoms with Crippen molar-refractivity contribution in [2.24, 2.45) is 22.7 Å². The molecule has 10 atom stereocenters. The molecular formula is C68H93ClN6O8. The summed E-state index contributed by atoms with van der Waals surface area (Å²) in [6.07, 6.45) is 9.94. The minimum atomic E-state index is -0.839. The van der Waals surface area contributed by atoms with Crippen LogP contribution in [0.1, 0.15) is 179 Å². The second-order valence-electron chi connectivity index (χ2n) is 26.0. The SMILES string of the molecule is CC[C@@H](C)C(=O)N[C@H](C(=O)N1C[C@@H](Oc2cccc(CCCCc3cccc(O[C@H]4C[C@@H](C(=O)N[C@@H]5CCCc6ccccc65)N(C(=O)[C@@H](NC(=O)[C@H](C)CC)C(C)(C)C)C4)c3)c2)C[C@H]1C(=O)N[C@@H]1CCCc2ccccc21)C(C)(C)C.Cl. The number of ether oxygens (including phenoxy) is 2. The fourth-order valence-corrected chi connectivity index (χ4v) is 12.3. The van der Waals surface area contributed by atoms with Crippen LogP contribution in [0, 0.1) is 22.7 Å². The number of benzene rings is 4. The van der Waals surface area contributed by atoms with Crippen molar-refractivity contribution in [3.05, 3.63) is 130 Å². The van der Waals surface area contributed by atoms with Gasteiger partial charge in [-0.2, -0.15) is 0 Å². The molecule has 83 heavy (non-hydrogen) atoms. The highest BCUT2D eigenvalue weighted by molar-refractivity contribution is 5.95. The normalized spacial score (nSPS) is 21.9. The number of nitrogens with zero attached hydrogens (tertiary/aromatic N) is 2. The second-order valence-corrected chi connectivity index (χ2v) is 26.0. The van der Waals surface area contributed by atoms with Crippen LogP contribution in [0.15, 0.2) is 97.1 Å². The third kappa shape index (κ3) is 16.3. The number of carbonyl (C=O) groups is 6. The third-order valence-corrected chi connectivity index (χ3v) is 17.6.